The van der Waals surface area contributed by atoms with Crippen LogP contribution >= 0.6 is 11.9 Å². The lowest BCUT2D eigenvalue weighted by molar-refractivity contribution is -0.137. The van der Waals surface area contributed by atoms with Crippen LogP contribution in [0, 0.1) is 5.92 Å². The number of benzene rings is 1. The normalized spacial score (nSPS) is 22.8. The van der Waals surface area contributed by atoms with E-state index >= 15 is 0 Å². The molecule has 0 aromatic heterocycles. The molecule has 0 unspecified atom stereocenters. The lowest BCUT2D eigenvalue weighted by Crippen LogP contribution is -2.46. The number of halogens is 3. The maximum atomic E-state index is 12.6. The van der Waals surface area contributed by atoms with E-state index in [1.807, 2.05) is 0 Å². The van der Waals surface area contributed by atoms with Crippen molar-refractivity contribution in [1.82, 2.24) is 9.21 Å². The summed E-state index contributed by atoms with van der Waals surface area (Å²) in [4.78, 5) is 3.52. The van der Waals surface area contributed by atoms with Crippen LogP contribution in [0.4, 0.5) is 13.2 Å². The topological polar surface area (TPSA) is 6.48 Å². The van der Waals surface area contributed by atoms with Gasteiger partial charge in [0.2, 0.25) is 0 Å². The Morgan fingerprint density at radius 3 is 2.04 bits per heavy atom. The smallest absolute Gasteiger partial charge is 0.300 e. The number of alkyl halides is 3. The molecule has 2 heterocycles. The van der Waals surface area contributed by atoms with Crippen LogP contribution in [0.1, 0.15) is 38.2 Å². The van der Waals surface area contributed by atoms with Crippen LogP contribution in [0.25, 0.3) is 0 Å². The van der Waals surface area contributed by atoms with E-state index in [9.17, 15) is 13.2 Å². The van der Waals surface area contributed by atoms with Gasteiger partial charge in [0.05, 0.1) is 5.56 Å². The lowest BCUT2D eigenvalue weighted by atomic mass is 9.95. The van der Waals surface area contributed by atoms with Gasteiger partial charge in [0.15, 0.2) is 0 Å². The molecule has 0 bridgehead atoms. The fraction of sp³-hybridized carbons (Fsp3) is 0.667. The zero-order valence-electron chi connectivity index (χ0n) is 14.1. The van der Waals surface area contributed by atoms with Gasteiger partial charge in [-0.1, -0.05) is 6.92 Å². The molecule has 134 valence electrons. The predicted molar refractivity (Wildman–Crippen MR) is 91.9 cm³/mol. The molecule has 0 saturated carbocycles. The van der Waals surface area contributed by atoms with Gasteiger partial charge in [-0.2, -0.15) is 13.2 Å². The standard InChI is InChI=1S/C18H25F3N2S/c1-14-6-10-22(11-7-14)16-8-12-23(13-9-16)24-17-4-2-15(3-5-17)18(19,20)21/h2-5,14,16H,6-13H2,1H3. The van der Waals surface area contributed by atoms with Crippen LogP contribution in [0.3, 0.4) is 0 Å². The summed E-state index contributed by atoms with van der Waals surface area (Å²) in [5.41, 5.74) is -0.579. The summed E-state index contributed by atoms with van der Waals surface area (Å²) in [7, 11) is 0. The highest BCUT2D eigenvalue weighted by Crippen LogP contribution is 2.33. The largest absolute Gasteiger partial charge is 0.416 e. The van der Waals surface area contributed by atoms with Crippen molar-refractivity contribution in [1.29, 1.82) is 0 Å². The molecule has 2 fully saturated rings. The number of nitrogens with zero attached hydrogens (tertiary/aromatic N) is 2. The van der Waals surface area contributed by atoms with Crippen molar-refractivity contribution in [3.63, 3.8) is 0 Å². The second-order valence-corrected chi connectivity index (χ2v) is 8.16. The van der Waals surface area contributed by atoms with Crippen molar-refractivity contribution in [2.24, 2.45) is 5.92 Å². The number of hydrogen-bond donors (Lipinski definition) is 0. The summed E-state index contributed by atoms with van der Waals surface area (Å²) in [5, 5.41) is 0. The fourth-order valence-electron chi connectivity index (χ4n) is 3.55. The minimum Gasteiger partial charge on any atom is -0.300 e. The van der Waals surface area contributed by atoms with Gasteiger partial charge in [-0.15, -0.1) is 0 Å². The average Bonchev–Trinajstić information content (AvgIpc) is 2.56. The second-order valence-electron chi connectivity index (χ2n) is 6.99. The quantitative estimate of drug-likeness (QED) is 0.709. The Balaban J connectivity index is 1.47. The second kappa shape index (κ2) is 7.67. The summed E-state index contributed by atoms with van der Waals surface area (Å²) in [6, 6.07) is 6.17. The first kappa shape index (κ1) is 18.1. The Hall–Kier alpha value is -0.720. The minimum absolute atomic E-state index is 0.579. The summed E-state index contributed by atoms with van der Waals surface area (Å²) < 4.78 is 40.1. The van der Waals surface area contributed by atoms with Crippen molar-refractivity contribution in [2.75, 3.05) is 26.2 Å². The van der Waals surface area contributed by atoms with Gasteiger partial charge in [0.25, 0.3) is 0 Å². The van der Waals surface area contributed by atoms with E-state index in [-0.39, 0.29) is 0 Å². The summed E-state index contributed by atoms with van der Waals surface area (Å²) in [5.74, 6) is 0.858. The van der Waals surface area contributed by atoms with Gasteiger partial charge in [-0.05, 0) is 80.9 Å². The Bertz CT molecular complexity index is 516. The molecule has 0 atom stereocenters. The highest BCUT2D eigenvalue weighted by Gasteiger charge is 2.30. The van der Waals surface area contributed by atoms with Crippen molar-refractivity contribution in [3.05, 3.63) is 29.8 Å². The highest BCUT2D eigenvalue weighted by molar-refractivity contribution is 7.97. The molecule has 2 nitrogen and oxygen atoms in total. The molecule has 2 saturated heterocycles. The van der Waals surface area contributed by atoms with Gasteiger partial charge in [0, 0.05) is 24.0 Å². The SMILES string of the molecule is CC1CCN(C2CCN(Sc3ccc(C(F)(F)F)cc3)CC2)CC1. The van der Waals surface area contributed by atoms with Gasteiger partial charge in [-0.3, -0.25) is 0 Å². The third-order valence-electron chi connectivity index (χ3n) is 5.17. The van der Waals surface area contributed by atoms with Crippen molar-refractivity contribution >= 4 is 11.9 Å². The summed E-state index contributed by atoms with van der Waals surface area (Å²) >= 11 is 1.58. The van der Waals surface area contributed by atoms with E-state index in [2.05, 4.69) is 16.1 Å². The first-order valence-corrected chi connectivity index (χ1v) is 9.53. The minimum atomic E-state index is -4.26. The van der Waals surface area contributed by atoms with Crippen molar-refractivity contribution in [3.8, 4) is 0 Å². The van der Waals surface area contributed by atoms with Gasteiger partial charge < -0.3 is 4.90 Å². The van der Waals surface area contributed by atoms with Crippen LogP contribution in [0.2, 0.25) is 0 Å². The molecule has 0 radical (unpaired) electrons. The molecule has 0 aliphatic carbocycles. The Labute approximate surface area is 146 Å². The number of rotatable bonds is 3. The third kappa shape index (κ3) is 4.67. The first-order valence-electron chi connectivity index (χ1n) is 8.76. The number of hydrogen-bond acceptors (Lipinski definition) is 3. The molecule has 2 aliphatic heterocycles. The lowest BCUT2D eigenvalue weighted by Gasteiger charge is -2.41. The van der Waals surface area contributed by atoms with E-state index in [0.29, 0.717) is 6.04 Å². The van der Waals surface area contributed by atoms with E-state index in [4.69, 9.17) is 0 Å². The zero-order chi connectivity index (χ0) is 17.2. The van der Waals surface area contributed by atoms with Gasteiger partial charge >= 0.3 is 6.18 Å². The van der Waals surface area contributed by atoms with Crippen LogP contribution in [0.5, 0.6) is 0 Å². The zero-order valence-corrected chi connectivity index (χ0v) is 14.9. The first-order chi connectivity index (χ1) is 11.4. The fourth-order valence-corrected chi connectivity index (χ4v) is 4.50. The molecular formula is C18H25F3N2S. The molecule has 0 amide bonds. The molecular weight excluding hydrogens is 333 g/mol. The molecule has 3 rings (SSSR count). The van der Waals surface area contributed by atoms with Crippen LogP contribution in [-0.4, -0.2) is 41.4 Å². The molecule has 2 aliphatic rings. The molecule has 6 heteroatoms. The Kier molecular flexibility index (Phi) is 5.78. The molecule has 1 aromatic carbocycles. The third-order valence-corrected chi connectivity index (χ3v) is 6.28. The van der Waals surface area contributed by atoms with Crippen LogP contribution < -0.4 is 0 Å². The van der Waals surface area contributed by atoms with E-state index in [0.717, 1.165) is 36.7 Å². The predicted octanol–water partition coefficient (Wildman–Crippen LogP) is 4.91. The highest BCUT2D eigenvalue weighted by atomic mass is 32.2. The number of likely N-dealkylation sites (tertiary alicyclic amines) is 1. The average molecular weight is 358 g/mol. The van der Waals surface area contributed by atoms with Crippen molar-refractivity contribution < 1.29 is 13.2 Å². The summed E-state index contributed by atoms with van der Waals surface area (Å²) in [6.45, 7) is 6.78. The maximum Gasteiger partial charge on any atom is 0.416 e. The number of piperidine rings is 2. The van der Waals surface area contributed by atoms with Crippen molar-refractivity contribution in [2.45, 2.75) is 49.7 Å². The summed E-state index contributed by atoms with van der Waals surface area (Å²) in [6.07, 6.45) is 0.665. The monoisotopic (exact) mass is 358 g/mol. The van der Waals surface area contributed by atoms with Crippen LogP contribution in [-0.2, 0) is 6.18 Å². The van der Waals surface area contributed by atoms with E-state index in [1.54, 1.807) is 24.1 Å². The Morgan fingerprint density at radius 1 is 0.917 bits per heavy atom. The Morgan fingerprint density at radius 2 is 1.50 bits per heavy atom. The molecule has 24 heavy (non-hydrogen) atoms. The molecule has 0 spiro atoms. The van der Waals surface area contributed by atoms with Gasteiger partial charge in [0.1, 0.15) is 0 Å². The van der Waals surface area contributed by atoms with Gasteiger partial charge in [-0.25, -0.2) is 4.31 Å². The maximum absolute atomic E-state index is 12.6. The van der Waals surface area contributed by atoms with E-state index < -0.39 is 11.7 Å². The van der Waals surface area contributed by atoms with Crippen LogP contribution in [0.15, 0.2) is 29.2 Å². The van der Waals surface area contributed by atoms with E-state index in [1.165, 1.54) is 38.1 Å². The molecule has 1 aromatic rings. The molecule has 0 N–H and O–H groups in total.